The minimum atomic E-state index is 0.831. The van der Waals surface area contributed by atoms with Crippen LogP contribution in [0.15, 0.2) is 22.7 Å². The molecule has 0 radical (unpaired) electrons. The van der Waals surface area contributed by atoms with Crippen molar-refractivity contribution in [1.82, 2.24) is 0 Å². The highest BCUT2D eigenvalue weighted by atomic mass is 79.9. The molecule has 0 unspecified atom stereocenters. The van der Waals surface area contributed by atoms with E-state index in [4.69, 9.17) is 4.74 Å². The molecule has 1 aromatic rings. The fourth-order valence-electron chi connectivity index (χ4n) is 2.21. The Morgan fingerprint density at radius 2 is 2.06 bits per heavy atom. The molecule has 1 saturated heterocycles. The van der Waals surface area contributed by atoms with Crippen LogP contribution in [0.3, 0.4) is 0 Å². The Kier molecular flexibility index (Phi) is 4.24. The fourth-order valence-corrected chi connectivity index (χ4v) is 2.68. The van der Waals surface area contributed by atoms with Crippen LogP contribution in [-0.4, -0.2) is 26.2 Å². The van der Waals surface area contributed by atoms with Gasteiger partial charge in [-0.1, -0.05) is 15.9 Å². The summed E-state index contributed by atoms with van der Waals surface area (Å²) in [7, 11) is 0. The Morgan fingerprint density at radius 3 is 2.75 bits per heavy atom. The van der Waals surface area contributed by atoms with Crippen LogP contribution in [0.4, 0.5) is 0 Å². The van der Waals surface area contributed by atoms with Gasteiger partial charge in [-0.15, -0.1) is 0 Å². The molecule has 0 aromatic heterocycles. The minimum Gasteiger partial charge on any atom is -0.487 e. The van der Waals surface area contributed by atoms with Gasteiger partial charge in [-0.2, -0.15) is 0 Å². The highest BCUT2D eigenvalue weighted by Gasteiger charge is 2.14. The topological polar surface area (TPSA) is 13.7 Å². The third-order valence-corrected chi connectivity index (χ3v) is 3.65. The summed E-state index contributed by atoms with van der Waals surface area (Å²) in [5, 5.41) is 0. The quantitative estimate of drug-likeness (QED) is 0.891. The molecule has 1 fully saturated rings. The lowest BCUT2D eigenvalue weighted by Crippen LogP contribution is -3.10. The first-order valence-corrected chi connectivity index (χ1v) is 6.77. The van der Waals surface area contributed by atoms with Gasteiger partial charge in [0.1, 0.15) is 18.9 Å². The van der Waals surface area contributed by atoms with E-state index in [0.29, 0.717) is 0 Å². The first kappa shape index (κ1) is 11.9. The number of likely N-dealkylation sites (tertiary alicyclic amines) is 1. The van der Waals surface area contributed by atoms with E-state index in [9.17, 15) is 0 Å². The molecule has 1 aromatic carbocycles. The Hall–Kier alpha value is -0.540. The Balaban J connectivity index is 1.80. The smallest absolute Gasteiger partial charge is 0.137 e. The maximum atomic E-state index is 5.81. The number of hydrogen-bond acceptors (Lipinski definition) is 1. The lowest BCUT2D eigenvalue weighted by molar-refractivity contribution is -0.887. The van der Waals surface area contributed by atoms with Crippen molar-refractivity contribution in [2.24, 2.45) is 0 Å². The van der Waals surface area contributed by atoms with E-state index < -0.39 is 0 Å². The normalized spacial score (nSPS) is 16.6. The number of quaternary nitrogens is 1. The van der Waals surface area contributed by atoms with Crippen LogP contribution in [0, 0.1) is 6.92 Å². The zero-order chi connectivity index (χ0) is 11.4. The number of hydrogen-bond donors (Lipinski definition) is 1. The summed E-state index contributed by atoms with van der Waals surface area (Å²) >= 11 is 3.46. The van der Waals surface area contributed by atoms with Crippen LogP contribution in [-0.2, 0) is 0 Å². The largest absolute Gasteiger partial charge is 0.487 e. The Bertz CT molecular complexity index is 348. The predicted octanol–water partition coefficient (Wildman–Crippen LogP) is 1.82. The molecule has 1 aliphatic heterocycles. The van der Waals surface area contributed by atoms with E-state index in [0.717, 1.165) is 23.4 Å². The van der Waals surface area contributed by atoms with Gasteiger partial charge in [0, 0.05) is 17.3 Å². The number of benzene rings is 1. The van der Waals surface area contributed by atoms with E-state index in [1.807, 2.05) is 12.1 Å². The second-order valence-electron chi connectivity index (χ2n) is 4.47. The maximum absolute atomic E-state index is 5.81. The van der Waals surface area contributed by atoms with Crippen LogP contribution in [0.25, 0.3) is 0 Å². The molecule has 2 nitrogen and oxygen atoms in total. The van der Waals surface area contributed by atoms with Crippen molar-refractivity contribution in [3.05, 3.63) is 28.2 Å². The molecular weight excluding hydrogens is 266 g/mol. The molecule has 0 spiro atoms. The highest BCUT2D eigenvalue weighted by Crippen LogP contribution is 2.21. The summed E-state index contributed by atoms with van der Waals surface area (Å²) < 4.78 is 6.93. The number of ether oxygens (including phenoxy) is 1. The van der Waals surface area contributed by atoms with E-state index >= 15 is 0 Å². The standard InChI is InChI=1S/C13H18BrNO/c1-11-10-12(14)4-5-13(11)16-9-8-15-6-2-3-7-15/h4-5,10H,2-3,6-9H2,1H3/p+1. The third kappa shape index (κ3) is 3.22. The minimum absolute atomic E-state index is 0.831. The molecule has 0 saturated carbocycles. The molecule has 1 N–H and O–H groups in total. The second-order valence-corrected chi connectivity index (χ2v) is 5.38. The summed E-state index contributed by atoms with van der Waals surface area (Å²) in [5.74, 6) is 1.02. The predicted molar refractivity (Wildman–Crippen MR) is 69.2 cm³/mol. The van der Waals surface area contributed by atoms with Gasteiger partial charge >= 0.3 is 0 Å². The summed E-state index contributed by atoms with van der Waals surface area (Å²) in [5.41, 5.74) is 1.20. The van der Waals surface area contributed by atoms with Gasteiger partial charge in [0.05, 0.1) is 13.1 Å². The van der Waals surface area contributed by atoms with Crippen LogP contribution in [0.2, 0.25) is 0 Å². The average molecular weight is 285 g/mol. The van der Waals surface area contributed by atoms with E-state index in [1.165, 1.54) is 31.5 Å². The van der Waals surface area contributed by atoms with E-state index in [-0.39, 0.29) is 0 Å². The molecule has 2 rings (SSSR count). The average Bonchev–Trinajstić information content (AvgIpc) is 2.74. The SMILES string of the molecule is Cc1cc(Br)ccc1OCC[NH+]1CCCC1. The van der Waals surface area contributed by atoms with Crippen molar-refractivity contribution in [2.45, 2.75) is 19.8 Å². The van der Waals surface area contributed by atoms with Crippen molar-refractivity contribution in [2.75, 3.05) is 26.2 Å². The summed E-state index contributed by atoms with van der Waals surface area (Å²) in [6, 6.07) is 6.17. The molecule has 0 bridgehead atoms. The van der Waals surface area contributed by atoms with Crippen molar-refractivity contribution in [3.63, 3.8) is 0 Å². The first-order valence-electron chi connectivity index (χ1n) is 5.98. The number of rotatable bonds is 4. The Labute approximate surface area is 106 Å². The molecule has 88 valence electrons. The molecule has 1 aliphatic rings. The number of nitrogens with one attached hydrogen (secondary N) is 1. The molecule has 1 heterocycles. The van der Waals surface area contributed by atoms with Crippen molar-refractivity contribution in [1.29, 1.82) is 0 Å². The molecule has 0 atom stereocenters. The van der Waals surface area contributed by atoms with Gasteiger partial charge in [-0.3, -0.25) is 0 Å². The Morgan fingerprint density at radius 1 is 1.31 bits per heavy atom. The monoisotopic (exact) mass is 284 g/mol. The molecule has 0 aliphatic carbocycles. The third-order valence-electron chi connectivity index (χ3n) is 3.16. The number of halogens is 1. The van der Waals surface area contributed by atoms with Crippen molar-refractivity contribution >= 4 is 15.9 Å². The number of aryl methyl sites for hydroxylation is 1. The summed E-state index contributed by atoms with van der Waals surface area (Å²) in [6.07, 6.45) is 2.76. The van der Waals surface area contributed by atoms with Gasteiger partial charge in [-0.25, -0.2) is 0 Å². The lowest BCUT2D eigenvalue weighted by Gasteiger charge is -2.13. The molecule has 3 heteroatoms. The van der Waals surface area contributed by atoms with Crippen LogP contribution >= 0.6 is 15.9 Å². The first-order chi connectivity index (χ1) is 7.75. The van der Waals surface area contributed by atoms with Gasteiger partial charge < -0.3 is 9.64 Å². The van der Waals surface area contributed by atoms with Crippen molar-refractivity contribution < 1.29 is 9.64 Å². The van der Waals surface area contributed by atoms with E-state index in [2.05, 4.69) is 28.9 Å². The van der Waals surface area contributed by atoms with E-state index in [1.54, 1.807) is 4.90 Å². The van der Waals surface area contributed by atoms with Gasteiger partial charge in [0.15, 0.2) is 0 Å². The van der Waals surface area contributed by atoms with Gasteiger partial charge in [0.25, 0.3) is 0 Å². The summed E-state index contributed by atoms with van der Waals surface area (Å²) in [4.78, 5) is 1.69. The lowest BCUT2D eigenvalue weighted by atomic mass is 10.2. The van der Waals surface area contributed by atoms with Crippen LogP contribution in [0.5, 0.6) is 5.75 Å². The molecule has 16 heavy (non-hydrogen) atoms. The zero-order valence-electron chi connectivity index (χ0n) is 9.76. The molecule has 0 amide bonds. The second kappa shape index (κ2) is 5.69. The zero-order valence-corrected chi connectivity index (χ0v) is 11.3. The van der Waals surface area contributed by atoms with Crippen LogP contribution < -0.4 is 9.64 Å². The van der Waals surface area contributed by atoms with Crippen LogP contribution in [0.1, 0.15) is 18.4 Å². The highest BCUT2D eigenvalue weighted by molar-refractivity contribution is 9.10. The fraction of sp³-hybridized carbons (Fsp3) is 0.538. The maximum Gasteiger partial charge on any atom is 0.137 e. The summed E-state index contributed by atoms with van der Waals surface area (Å²) in [6.45, 7) is 6.70. The van der Waals surface area contributed by atoms with Gasteiger partial charge in [0.2, 0.25) is 0 Å². The molecular formula is C13H19BrNO+. The van der Waals surface area contributed by atoms with Gasteiger partial charge in [-0.05, 0) is 30.7 Å². The van der Waals surface area contributed by atoms with Crippen molar-refractivity contribution in [3.8, 4) is 5.75 Å².